The van der Waals surface area contributed by atoms with Gasteiger partial charge in [-0.1, -0.05) is 76.6 Å². The van der Waals surface area contributed by atoms with Crippen molar-refractivity contribution in [1.82, 2.24) is 9.55 Å². The maximum Gasteiger partial charge on any atom is 0.266 e. The Morgan fingerprint density at radius 3 is 2.28 bits per heavy atom. The van der Waals surface area contributed by atoms with Crippen molar-refractivity contribution < 1.29 is 4.79 Å². The van der Waals surface area contributed by atoms with E-state index < -0.39 is 0 Å². The lowest BCUT2D eigenvalue weighted by Gasteiger charge is -2.17. The number of benzene rings is 4. The highest BCUT2D eigenvalue weighted by Crippen LogP contribution is 2.38. The third-order valence-electron chi connectivity index (χ3n) is 6.30. The van der Waals surface area contributed by atoms with Gasteiger partial charge in [-0.05, 0) is 54.1 Å². The van der Waals surface area contributed by atoms with Crippen molar-refractivity contribution >= 4 is 50.1 Å². The zero-order valence-electron chi connectivity index (χ0n) is 19.1. The lowest BCUT2D eigenvalue weighted by atomic mass is 10.1. The molecule has 2 heterocycles. The van der Waals surface area contributed by atoms with Crippen molar-refractivity contribution in [1.29, 1.82) is 0 Å². The molecule has 0 saturated heterocycles. The Morgan fingerprint density at radius 1 is 0.778 bits per heavy atom. The number of amides is 1. The maximum atomic E-state index is 13.7. The molecule has 174 valence electrons. The Morgan fingerprint density at radius 2 is 1.47 bits per heavy atom. The Hall–Kier alpha value is -4.29. The molecule has 4 aromatic carbocycles. The molecule has 0 aliphatic carbocycles. The van der Waals surface area contributed by atoms with E-state index >= 15 is 0 Å². The van der Waals surface area contributed by atoms with E-state index in [0.29, 0.717) is 34.5 Å². The molecule has 0 N–H and O–H groups in total. The molecule has 0 bridgehead atoms. The molecule has 36 heavy (non-hydrogen) atoms. The molecular weight excluding hydrogens is 514 g/mol. The molecule has 6 heteroatoms. The summed E-state index contributed by atoms with van der Waals surface area (Å²) in [4.78, 5) is 34.0. The van der Waals surface area contributed by atoms with Crippen LogP contribution in [-0.2, 0) is 11.3 Å². The quantitative estimate of drug-likeness (QED) is 0.257. The topological polar surface area (TPSA) is 55.2 Å². The molecule has 0 atom stereocenters. The van der Waals surface area contributed by atoms with E-state index in [2.05, 4.69) is 15.9 Å². The summed E-state index contributed by atoms with van der Waals surface area (Å²) in [6, 6.07) is 32.4. The van der Waals surface area contributed by atoms with Gasteiger partial charge in [0.05, 0.1) is 34.4 Å². The number of carbonyl (C=O) groups is 1. The zero-order chi connectivity index (χ0) is 24.6. The molecule has 0 fully saturated rings. The van der Waals surface area contributed by atoms with Gasteiger partial charge in [0.2, 0.25) is 0 Å². The van der Waals surface area contributed by atoms with E-state index in [1.54, 1.807) is 21.6 Å². The minimum Gasteiger partial charge on any atom is -0.303 e. The van der Waals surface area contributed by atoms with Gasteiger partial charge >= 0.3 is 0 Å². The number of rotatable bonds is 4. The molecule has 0 spiro atoms. The molecule has 0 radical (unpaired) electrons. The average molecular weight is 534 g/mol. The van der Waals surface area contributed by atoms with E-state index in [0.717, 1.165) is 21.3 Å². The SMILES string of the molecule is O=C1C(=Cc2nc3ccccc3c(=O)n2-c2ccc(Br)cc2)c2ccccc2N1Cc1ccccc1. The van der Waals surface area contributed by atoms with Crippen molar-refractivity contribution in [2.45, 2.75) is 6.54 Å². The molecule has 6 rings (SSSR count). The van der Waals surface area contributed by atoms with Crippen LogP contribution >= 0.6 is 15.9 Å². The molecule has 1 aliphatic heterocycles. The second-order valence-electron chi connectivity index (χ2n) is 8.56. The average Bonchev–Trinajstić information content (AvgIpc) is 3.16. The van der Waals surface area contributed by atoms with Crippen LogP contribution in [0.25, 0.3) is 28.2 Å². The van der Waals surface area contributed by atoms with Crippen LogP contribution in [0.1, 0.15) is 17.0 Å². The number of hydrogen-bond acceptors (Lipinski definition) is 3. The van der Waals surface area contributed by atoms with Gasteiger partial charge in [0, 0.05) is 10.0 Å². The summed E-state index contributed by atoms with van der Waals surface area (Å²) in [5.41, 5.74) is 4.29. The smallest absolute Gasteiger partial charge is 0.266 e. The minimum absolute atomic E-state index is 0.121. The van der Waals surface area contributed by atoms with E-state index in [1.807, 2.05) is 97.1 Å². The third-order valence-corrected chi connectivity index (χ3v) is 6.83. The van der Waals surface area contributed by atoms with Crippen LogP contribution in [-0.4, -0.2) is 15.5 Å². The molecule has 0 unspecified atom stereocenters. The first-order valence-corrected chi connectivity index (χ1v) is 12.3. The predicted molar refractivity (Wildman–Crippen MR) is 147 cm³/mol. The fourth-order valence-electron chi connectivity index (χ4n) is 4.58. The van der Waals surface area contributed by atoms with Crippen LogP contribution in [0.2, 0.25) is 0 Å². The molecule has 1 aromatic heterocycles. The Kier molecular flexibility index (Phi) is 5.58. The molecular formula is C30H20BrN3O2. The summed E-state index contributed by atoms with van der Waals surface area (Å²) in [7, 11) is 0. The second-order valence-corrected chi connectivity index (χ2v) is 9.47. The van der Waals surface area contributed by atoms with Crippen molar-refractivity contribution in [3.63, 3.8) is 0 Å². The van der Waals surface area contributed by atoms with E-state index in [-0.39, 0.29) is 11.5 Å². The molecule has 5 aromatic rings. The molecule has 5 nitrogen and oxygen atoms in total. The van der Waals surface area contributed by atoms with Crippen molar-refractivity contribution in [2.75, 3.05) is 4.90 Å². The van der Waals surface area contributed by atoms with Crippen LogP contribution in [0.5, 0.6) is 0 Å². The minimum atomic E-state index is -0.186. The summed E-state index contributed by atoms with van der Waals surface area (Å²) < 4.78 is 2.47. The lowest BCUT2D eigenvalue weighted by Crippen LogP contribution is -2.26. The Balaban J connectivity index is 1.55. The van der Waals surface area contributed by atoms with Gasteiger partial charge in [-0.15, -0.1) is 0 Å². The number of nitrogens with zero attached hydrogens (tertiary/aromatic N) is 3. The van der Waals surface area contributed by atoms with E-state index in [1.165, 1.54) is 0 Å². The summed E-state index contributed by atoms with van der Waals surface area (Å²) in [5.74, 6) is 0.283. The summed E-state index contributed by atoms with van der Waals surface area (Å²) >= 11 is 3.46. The fraction of sp³-hybridized carbons (Fsp3) is 0.0333. The van der Waals surface area contributed by atoms with Crippen LogP contribution < -0.4 is 10.5 Å². The fourth-order valence-corrected chi connectivity index (χ4v) is 4.85. The number of fused-ring (bicyclic) bond motifs is 2. The maximum absolute atomic E-state index is 13.7. The lowest BCUT2D eigenvalue weighted by molar-refractivity contribution is -0.113. The Bertz CT molecular complexity index is 1710. The van der Waals surface area contributed by atoms with Crippen molar-refractivity contribution in [3.05, 3.63) is 135 Å². The normalized spacial score (nSPS) is 14.0. The zero-order valence-corrected chi connectivity index (χ0v) is 20.7. The number of anilines is 1. The number of hydrogen-bond donors (Lipinski definition) is 0. The van der Waals surface area contributed by atoms with Gasteiger partial charge in [-0.3, -0.25) is 14.2 Å². The first-order valence-electron chi connectivity index (χ1n) is 11.5. The van der Waals surface area contributed by atoms with Crippen LogP contribution in [0, 0.1) is 0 Å². The van der Waals surface area contributed by atoms with Crippen LogP contribution in [0.4, 0.5) is 5.69 Å². The Labute approximate surface area is 216 Å². The number of aromatic nitrogens is 2. The first kappa shape index (κ1) is 22.2. The van der Waals surface area contributed by atoms with E-state index in [9.17, 15) is 9.59 Å². The first-order chi connectivity index (χ1) is 17.6. The largest absolute Gasteiger partial charge is 0.303 e. The van der Waals surface area contributed by atoms with Gasteiger partial charge in [0.25, 0.3) is 11.5 Å². The van der Waals surface area contributed by atoms with Gasteiger partial charge in [-0.25, -0.2) is 4.98 Å². The van der Waals surface area contributed by atoms with Gasteiger partial charge in [0.1, 0.15) is 5.82 Å². The molecule has 0 saturated carbocycles. The predicted octanol–water partition coefficient (Wildman–Crippen LogP) is 6.24. The van der Waals surface area contributed by atoms with Crippen LogP contribution in [0.15, 0.2) is 112 Å². The number of para-hydroxylation sites is 2. The van der Waals surface area contributed by atoms with Crippen molar-refractivity contribution in [3.8, 4) is 5.69 Å². The summed E-state index contributed by atoms with van der Waals surface area (Å²) in [5, 5.41) is 0.520. The molecule has 1 aliphatic rings. The summed E-state index contributed by atoms with van der Waals surface area (Å²) in [6.45, 7) is 0.457. The monoisotopic (exact) mass is 533 g/mol. The van der Waals surface area contributed by atoms with Gasteiger partial charge in [-0.2, -0.15) is 0 Å². The highest BCUT2D eigenvalue weighted by molar-refractivity contribution is 9.10. The van der Waals surface area contributed by atoms with E-state index in [4.69, 9.17) is 4.98 Å². The van der Waals surface area contributed by atoms with Crippen LogP contribution in [0.3, 0.4) is 0 Å². The number of halogens is 1. The standard InChI is InChI=1S/C30H20BrN3O2/c31-21-14-16-22(17-15-21)34-28(32-26-12-6-4-11-24(26)30(34)36)18-25-23-10-5-7-13-27(23)33(29(25)35)19-20-8-2-1-3-9-20/h1-18H,19H2. The van der Waals surface area contributed by atoms with Crippen molar-refractivity contribution in [2.24, 2.45) is 0 Å². The van der Waals surface area contributed by atoms with Gasteiger partial charge < -0.3 is 4.90 Å². The highest BCUT2D eigenvalue weighted by Gasteiger charge is 2.32. The second kappa shape index (κ2) is 9.06. The van der Waals surface area contributed by atoms with Gasteiger partial charge in [0.15, 0.2) is 0 Å². The third kappa shape index (κ3) is 3.85. The molecule has 1 amide bonds. The summed E-state index contributed by atoms with van der Waals surface area (Å²) in [6.07, 6.45) is 1.74. The highest BCUT2D eigenvalue weighted by atomic mass is 79.9. The number of carbonyl (C=O) groups excluding carboxylic acids is 1.